The smallest absolute Gasteiger partial charge is 0.342 e. The van der Waals surface area contributed by atoms with Crippen LogP contribution >= 0.6 is 0 Å². The predicted molar refractivity (Wildman–Crippen MR) is 127 cm³/mol. The molecule has 176 valence electrons. The molecular weight excluding hydrogens is 437 g/mol. The molecule has 0 aliphatic carbocycles. The Balaban J connectivity index is 1.89. The lowest BCUT2D eigenvalue weighted by molar-refractivity contribution is 0.0238. The maximum Gasteiger partial charge on any atom is 0.342 e. The number of hydrogen-bond donors (Lipinski definition) is 1. The molecule has 1 aromatic heterocycles. The predicted octanol–water partition coefficient (Wildman–Crippen LogP) is 5.34. The van der Waals surface area contributed by atoms with Gasteiger partial charge < -0.3 is 19.0 Å². The summed E-state index contributed by atoms with van der Waals surface area (Å²) in [5, 5.41) is 13.5. The standard InChI is InChI=1S/C27H26FNO5/c1-3-33-27(31)21-16(2)34-26-20-7-5-4-6-19(20)25(30)23(22(21)26)24(29-12-14-32-15-13-29)17-8-10-18(28)11-9-17/h4-11,24,30H,3,12-15H2,1-2H3/t24-/m1/s1. The van der Waals surface area contributed by atoms with Crippen molar-refractivity contribution in [3.8, 4) is 5.75 Å². The quantitative estimate of drug-likeness (QED) is 0.403. The van der Waals surface area contributed by atoms with Crippen LogP contribution in [0.5, 0.6) is 5.75 Å². The van der Waals surface area contributed by atoms with E-state index >= 15 is 0 Å². The first-order valence-corrected chi connectivity index (χ1v) is 11.4. The molecule has 2 heterocycles. The van der Waals surface area contributed by atoms with Crippen LogP contribution in [0.25, 0.3) is 21.7 Å². The minimum atomic E-state index is -0.505. The molecule has 1 aliphatic rings. The first kappa shape index (κ1) is 22.4. The van der Waals surface area contributed by atoms with Crippen LogP contribution in [0.1, 0.15) is 40.2 Å². The van der Waals surface area contributed by atoms with Crippen LogP contribution in [-0.4, -0.2) is 48.9 Å². The monoisotopic (exact) mass is 463 g/mol. The van der Waals surface area contributed by atoms with E-state index in [1.807, 2.05) is 24.3 Å². The highest BCUT2D eigenvalue weighted by Gasteiger charge is 2.34. The molecule has 7 heteroatoms. The maximum absolute atomic E-state index is 13.8. The van der Waals surface area contributed by atoms with Crippen molar-refractivity contribution in [2.75, 3.05) is 32.9 Å². The zero-order valence-corrected chi connectivity index (χ0v) is 19.1. The number of nitrogens with zero attached hydrogens (tertiary/aromatic N) is 1. The molecule has 4 aromatic rings. The Labute approximate surface area is 196 Å². The molecule has 34 heavy (non-hydrogen) atoms. The molecule has 1 atom stereocenters. The van der Waals surface area contributed by atoms with Gasteiger partial charge >= 0.3 is 5.97 Å². The summed E-state index contributed by atoms with van der Waals surface area (Å²) in [6.07, 6.45) is 0. The van der Waals surface area contributed by atoms with Crippen molar-refractivity contribution in [3.63, 3.8) is 0 Å². The van der Waals surface area contributed by atoms with Crippen molar-refractivity contribution in [1.29, 1.82) is 0 Å². The van der Waals surface area contributed by atoms with Crippen molar-refractivity contribution in [3.05, 3.63) is 76.8 Å². The third kappa shape index (κ3) is 3.71. The summed E-state index contributed by atoms with van der Waals surface area (Å²) in [6, 6.07) is 13.2. The fourth-order valence-electron chi connectivity index (χ4n) is 4.90. The maximum atomic E-state index is 13.8. The highest BCUT2D eigenvalue weighted by atomic mass is 19.1. The molecule has 1 saturated heterocycles. The first-order valence-electron chi connectivity index (χ1n) is 11.4. The fraction of sp³-hybridized carbons (Fsp3) is 0.296. The van der Waals surface area contributed by atoms with Crippen LogP contribution in [0.15, 0.2) is 52.9 Å². The molecule has 0 unspecified atom stereocenters. The van der Waals surface area contributed by atoms with Crippen molar-refractivity contribution < 1.29 is 28.2 Å². The van der Waals surface area contributed by atoms with E-state index in [-0.39, 0.29) is 18.2 Å². The van der Waals surface area contributed by atoms with Crippen LogP contribution in [0.4, 0.5) is 4.39 Å². The largest absolute Gasteiger partial charge is 0.507 e. The average molecular weight is 464 g/mol. The lowest BCUT2D eigenvalue weighted by Gasteiger charge is -2.36. The summed E-state index contributed by atoms with van der Waals surface area (Å²) in [6.45, 7) is 5.98. The van der Waals surface area contributed by atoms with Gasteiger partial charge in [-0.05, 0) is 31.5 Å². The van der Waals surface area contributed by atoms with Crippen molar-refractivity contribution in [2.45, 2.75) is 19.9 Å². The van der Waals surface area contributed by atoms with Crippen LogP contribution < -0.4 is 0 Å². The highest BCUT2D eigenvalue weighted by molar-refractivity contribution is 6.16. The van der Waals surface area contributed by atoms with Crippen LogP contribution in [0, 0.1) is 12.7 Å². The number of morpholine rings is 1. The molecule has 0 radical (unpaired) electrons. The van der Waals surface area contributed by atoms with E-state index in [4.69, 9.17) is 13.9 Å². The van der Waals surface area contributed by atoms with Gasteiger partial charge in [-0.3, -0.25) is 4.90 Å². The van der Waals surface area contributed by atoms with Gasteiger partial charge in [0.15, 0.2) is 0 Å². The molecule has 0 saturated carbocycles. The zero-order chi connectivity index (χ0) is 23.8. The molecule has 1 fully saturated rings. The third-order valence-corrected chi connectivity index (χ3v) is 6.39. The van der Waals surface area contributed by atoms with Gasteiger partial charge in [-0.15, -0.1) is 0 Å². The minimum absolute atomic E-state index is 0.0651. The fourth-order valence-corrected chi connectivity index (χ4v) is 4.90. The summed E-state index contributed by atoms with van der Waals surface area (Å²) >= 11 is 0. The Kier molecular flexibility index (Phi) is 5.98. The number of aryl methyl sites for hydroxylation is 1. The van der Waals surface area contributed by atoms with E-state index < -0.39 is 12.0 Å². The van der Waals surface area contributed by atoms with Crippen LogP contribution in [0.2, 0.25) is 0 Å². The van der Waals surface area contributed by atoms with E-state index in [1.165, 1.54) is 12.1 Å². The Morgan fingerprint density at radius 1 is 1.12 bits per heavy atom. The van der Waals surface area contributed by atoms with Gasteiger partial charge in [0.25, 0.3) is 0 Å². The molecular formula is C27H26FNO5. The number of halogens is 1. The van der Waals surface area contributed by atoms with E-state index in [2.05, 4.69) is 4.90 Å². The number of rotatable bonds is 5. The van der Waals surface area contributed by atoms with E-state index in [1.54, 1.807) is 26.0 Å². The second-order valence-corrected chi connectivity index (χ2v) is 8.37. The number of ether oxygens (including phenoxy) is 2. The third-order valence-electron chi connectivity index (χ3n) is 6.39. The number of esters is 1. The molecule has 3 aromatic carbocycles. The highest BCUT2D eigenvalue weighted by Crippen LogP contribution is 2.47. The zero-order valence-electron chi connectivity index (χ0n) is 19.1. The van der Waals surface area contributed by atoms with Gasteiger partial charge in [-0.25, -0.2) is 9.18 Å². The Hall–Kier alpha value is -3.42. The van der Waals surface area contributed by atoms with Gasteiger partial charge in [-0.1, -0.05) is 36.4 Å². The number of aromatic hydroxyl groups is 1. The molecule has 0 spiro atoms. The summed E-state index contributed by atoms with van der Waals surface area (Å²) in [7, 11) is 0. The second-order valence-electron chi connectivity index (χ2n) is 8.37. The normalized spacial score (nSPS) is 15.6. The van der Waals surface area contributed by atoms with Gasteiger partial charge in [0, 0.05) is 34.8 Å². The molecule has 5 rings (SSSR count). The van der Waals surface area contributed by atoms with Gasteiger partial charge in [0.05, 0.1) is 25.9 Å². The number of phenols is 1. The van der Waals surface area contributed by atoms with E-state index in [0.717, 1.165) is 5.56 Å². The summed E-state index contributed by atoms with van der Waals surface area (Å²) in [5.41, 5.74) is 2.16. The summed E-state index contributed by atoms with van der Waals surface area (Å²) in [4.78, 5) is 15.3. The Morgan fingerprint density at radius 2 is 1.79 bits per heavy atom. The molecule has 1 aliphatic heterocycles. The topological polar surface area (TPSA) is 72.1 Å². The molecule has 6 nitrogen and oxygen atoms in total. The van der Waals surface area contributed by atoms with Crippen molar-refractivity contribution in [2.24, 2.45) is 0 Å². The Morgan fingerprint density at radius 3 is 2.47 bits per heavy atom. The molecule has 1 N–H and O–H groups in total. The second kappa shape index (κ2) is 9.08. The van der Waals surface area contributed by atoms with Gasteiger partial charge in [-0.2, -0.15) is 0 Å². The number of carbonyl (C=O) groups is 1. The Bertz CT molecular complexity index is 1360. The number of phenolic OH excluding ortho intramolecular Hbond substituents is 1. The molecule has 0 amide bonds. The van der Waals surface area contributed by atoms with E-state index in [9.17, 15) is 14.3 Å². The summed E-state index contributed by atoms with van der Waals surface area (Å²) in [5.74, 6) is -0.362. The number of carbonyl (C=O) groups excluding carboxylic acids is 1. The number of benzene rings is 3. The number of fused-ring (bicyclic) bond motifs is 3. The van der Waals surface area contributed by atoms with Crippen molar-refractivity contribution in [1.82, 2.24) is 4.90 Å². The lowest BCUT2D eigenvalue weighted by Crippen LogP contribution is -2.39. The number of hydrogen-bond acceptors (Lipinski definition) is 6. The van der Waals surface area contributed by atoms with Crippen molar-refractivity contribution >= 4 is 27.7 Å². The lowest BCUT2D eigenvalue weighted by atomic mass is 9.88. The first-order chi connectivity index (χ1) is 16.5. The summed E-state index contributed by atoms with van der Waals surface area (Å²) < 4.78 is 30.9. The SMILES string of the molecule is CCOC(=O)c1c(C)oc2c1c([C@@H](c1ccc(F)cc1)N1CCOCC1)c(O)c1ccccc12. The molecule has 0 bridgehead atoms. The average Bonchev–Trinajstić information content (AvgIpc) is 3.20. The van der Waals surface area contributed by atoms with E-state index in [0.29, 0.717) is 64.9 Å². The van der Waals surface area contributed by atoms with Gasteiger partial charge in [0.2, 0.25) is 0 Å². The number of furan rings is 1. The van der Waals surface area contributed by atoms with Crippen LogP contribution in [0.3, 0.4) is 0 Å². The van der Waals surface area contributed by atoms with Crippen LogP contribution in [-0.2, 0) is 9.47 Å². The minimum Gasteiger partial charge on any atom is -0.507 e. The van der Waals surface area contributed by atoms with Gasteiger partial charge in [0.1, 0.15) is 28.5 Å².